The van der Waals surface area contributed by atoms with Crippen molar-refractivity contribution in [3.05, 3.63) is 29.6 Å². The van der Waals surface area contributed by atoms with Gasteiger partial charge in [-0.15, -0.1) is 0 Å². The van der Waals surface area contributed by atoms with E-state index < -0.39 is 0 Å². The van der Waals surface area contributed by atoms with E-state index in [1.807, 2.05) is 12.1 Å². The van der Waals surface area contributed by atoms with Gasteiger partial charge in [-0.25, -0.2) is 4.98 Å². The Morgan fingerprint density at radius 2 is 2.25 bits per heavy atom. The van der Waals surface area contributed by atoms with Crippen LogP contribution in [0, 0.1) is 6.92 Å². The maximum Gasteiger partial charge on any atom is 0.106 e. The van der Waals surface area contributed by atoms with Crippen molar-refractivity contribution in [2.75, 3.05) is 0 Å². The molecule has 0 amide bonds. The molecule has 1 aromatic carbocycles. The second kappa shape index (κ2) is 3.28. The number of hydrogen-bond acceptors (Lipinski definition) is 2. The zero-order valence-corrected chi connectivity index (χ0v) is 9.92. The molecule has 1 saturated carbocycles. The normalized spacial score (nSPS) is 15.6. The highest BCUT2D eigenvalue weighted by molar-refractivity contribution is 7.80. The Morgan fingerprint density at radius 1 is 1.50 bits per heavy atom. The van der Waals surface area contributed by atoms with Crippen LogP contribution >= 0.6 is 12.2 Å². The van der Waals surface area contributed by atoms with Crippen LogP contribution in [0.4, 0.5) is 0 Å². The van der Waals surface area contributed by atoms with Gasteiger partial charge in [-0.2, -0.15) is 0 Å². The minimum Gasteiger partial charge on any atom is -0.389 e. The molecule has 1 aliphatic carbocycles. The minimum absolute atomic E-state index is 0.431. The van der Waals surface area contributed by atoms with E-state index in [2.05, 4.69) is 22.5 Å². The Labute approximate surface area is 99.3 Å². The van der Waals surface area contributed by atoms with Crippen LogP contribution in [-0.2, 0) is 0 Å². The van der Waals surface area contributed by atoms with Gasteiger partial charge < -0.3 is 10.3 Å². The molecule has 0 radical (unpaired) electrons. The largest absolute Gasteiger partial charge is 0.389 e. The van der Waals surface area contributed by atoms with Gasteiger partial charge in [0.15, 0.2) is 0 Å². The fraction of sp³-hybridized carbons (Fsp3) is 0.333. The molecule has 1 heterocycles. The number of nitrogens with two attached hydrogens (primary N) is 1. The van der Waals surface area contributed by atoms with Crippen LogP contribution in [0.25, 0.3) is 11.0 Å². The third-order valence-corrected chi connectivity index (χ3v) is 3.30. The van der Waals surface area contributed by atoms with Crippen molar-refractivity contribution >= 4 is 28.2 Å². The van der Waals surface area contributed by atoms with Crippen molar-refractivity contribution in [3.8, 4) is 0 Å². The molecule has 3 rings (SSSR count). The summed E-state index contributed by atoms with van der Waals surface area (Å²) in [7, 11) is 0. The van der Waals surface area contributed by atoms with Crippen molar-refractivity contribution in [2.24, 2.45) is 5.73 Å². The molecular weight excluding hydrogens is 218 g/mol. The third-order valence-electron chi connectivity index (χ3n) is 3.06. The molecule has 2 aromatic rings. The van der Waals surface area contributed by atoms with E-state index in [0.717, 1.165) is 16.9 Å². The molecule has 82 valence electrons. The van der Waals surface area contributed by atoms with Crippen LogP contribution < -0.4 is 5.73 Å². The number of thiocarbonyl (C=S) groups is 1. The number of rotatable bonds is 2. The first kappa shape index (κ1) is 9.78. The number of hydrogen-bond donors (Lipinski definition) is 1. The average molecular weight is 231 g/mol. The highest BCUT2D eigenvalue weighted by atomic mass is 32.1. The summed E-state index contributed by atoms with van der Waals surface area (Å²) in [5.74, 6) is 1.08. The van der Waals surface area contributed by atoms with E-state index in [1.54, 1.807) is 0 Å². The smallest absolute Gasteiger partial charge is 0.106 e. The second-order valence-corrected chi connectivity index (χ2v) is 4.77. The lowest BCUT2D eigenvalue weighted by molar-refractivity contribution is 0.734. The molecule has 2 N–H and O–H groups in total. The van der Waals surface area contributed by atoms with Crippen molar-refractivity contribution in [2.45, 2.75) is 25.8 Å². The SMILES string of the molecule is Cc1nc2cc(C(N)=S)ccc2n1C1CC1. The van der Waals surface area contributed by atoms with E-state index in [-0.39, 0.29) is 0 Å². The van der Waals surface area contributed by atoms with Gasteiger partial charge in [0.25, 0.3) is 0 Å². The first-order valence-corrected chi connectivity index (χ1v) is 5.86. The summed E-state index contributed by atoms with van der Waals surface area (Å²) in [5.41, 5.74) is 8.70. The van der Waals surface area contributed by atoms with Crippen LogP contribution in [-0.4, -0.2) is 14.5 Å². The maximum absolute atomic E-state index is 5.62. The van der Waals surface area contributed by atoms with E-state index in [4.69, 9.17) is 18.0 Å². The van der Waals surface area contributed by atoms with Gasteiger partial charge >= 0.3 is 0 Å². The van der Waals surface area contributed by atoms with Gasteiger partial charge in [0.1, 0.15) is 10.8 Å². The van der Waals surface area contributed by atoms with Crippen LogP contribution in [0.3, 0.4) is 0 Å². The Balaban J connectivity index is 2.23. The molecule has 0 unspecified atom stereocenters. The summed E-state index contributed by atoms with van der Waals surface area (Å²) in [6, 6.07) is 6.68. The number of imidazole rings is 1. The number of fused-ring (bicyclic) bond motifs is 1. The van der Waals surface area contributed by atoms with Crippen LogP contribution in [0.15, 0.2) is 18.2 Å². The zero-order valence-electron chi connectivity index (χ0n) is 9.10. The van der Waals surface area contributed by atoms with E-state index in [0.29, 0.717) is 11.0 Å². The van der Waals surface area contributed by atoms with Gasteiger partial charge in [-0.05, 0) is 38.0 Å². The first-order valence-electron chi connectivity index (χ1n) is 5.45. The fourth-order valence-electron chi connectivity index (χ4n) is 2.17. The summed E-state index contributed by atoms with van der Waals surface area (Å²) in [6.45, 7) is 2.05. The fourth-order valence-corrected chi connectivity index (χ4v) is 2.29. The lowest BCUT2D eigenvalue weighted by Gasteiger charge is -2.04. The van der Waals surface area contributed by atoms with Crippen molar-refractivity contribution in [1.29, 1.82) is 0 Å². The Hall–Kier alpha value is -1.42. The van der Waals surface area contributed by atoms with E-state index in [1.165, 1.54) is 18.4 Å². The van der Waals surface area contributed by atoms with E-state index >= 15 is 0 Å². The topological polar surface area (TPSA) is 43.8 Å². The Bertz CT molecular complexity index is 581. The molecule has 0 aliphatic heterocycles. The lowest BCUT2D eigenvalue weighted by atomic mass is 10.2. The molecule has 16 heavy (non-hydrogen) atoms. The van der Waals surface area contributed by atoms with Gasteiger partial charge in [-0.3, -0.25) is 0 Å². The van der Waals surface area contributed by atoms with Gasteiger partial charge in [0, 0.05) is 11.6 Å². The number of aryl methyl sites for hydroxylation is 1. The van der Waals surface area contributed by atoms with Crippen molar-refractivity contribution < 1.29 is 0 Å². The average Bonchev–Trinajstić information content (AvgIpc) is 3.00. The number of benzene rings is 1. The predicted molar refractivity (Wildman–Crippen MR) is 68.6 cm³/mol. The van der Waals surface area contributed by atoms with Crippen LogP contribution in [0.5, 0.6) is 0 Å². The monoisotopic (exact) mass is 231 g/mol. The second-order valence-electron chi connectivity index (χ2n) is 4.33. The Kier molecular flexibility index (Phi) is 2.01. The molecule has 1 aliphatic rings. The van der Waals surface area contributed by atoms with Gasteiger partial charge in [0.05, 0.1) is 11.0 Å². The highest BCUT2D eigenvalue weighted by Gasteiger charge is 2.26. The summed E-state index contributed by atoms with van der Waals surface area (Å²) >= 11 is 4.97. The number of aromatic nitrogens is 2. The van der Waals surface area contributed by atoms with E-state index in [9.17, 15) is 0 Å². The molecular formula is C12H13N3S. The highest BCUT2D eigenvalue weighted by Crippen LogP contribution is 2.38. The molecule has 3 nitrogen and oxygen atoms in total. The van der Waals surface area contributed by atoms with Crippen LogP contribution in [0.2, 0.25) is 0 Å². The molecule has 4 heteroatoms. The van der Waals surface area contributed by atoms with Crippen LogP contribution in [0.1, 0.15) is 30.3 Å². The molecule has 0 saturated heterocycles. The molecule has 0 bridgehead atoms. The summed E-state index contributed by atoms with van der Waals surface area (Å²) in [4.78, 5) is 5.00. The molecule has 1 fully saturated rings. The van der Waals surface area contributed by atoms with Crippen molar-refractivity contribution in [3.63, 3.8) is 0 Å². The summed E-state index contributed by atoms with van der Waals surface area (Å²) in [5, 5.41) is 0. The van der Waals surface area contributed by atoms with Crippen molar-refractivity contribution in [1.82, 2.24) is 9.55 Å². The zero-order chi connectivity index (χ0) is 11.3. The number of nitrogens with zero attached hydrogens (tertiary/aromatic N) is 2. The summed E-state index contributed by atoms with van der Waals surface area (Å²) < 4.78 is 2.32. The van der Waals surface area contributed by atoms with Gasteiger partial charge in [0.2, 0.25) is 0 Å². The quantitative estimate of drug-likeness (QED) is 0.807. The lowest BCUT2D eigenvalue weighted by Crippen LogP contribution is -2.08. The predicted octanol–water partition coefficient (Wildman–Crippen LogP) is 2.31. The molecule has 0 spiro atoms. The minimum atomic E-state index is 0.431. The molecule has 1 aromatic heterocycles. The first-order chi connectivity index (χ1) is 7.66. The standard InChI is InChI=1S/C12H13N3S/c1-7-14-10-6-8(12(13)16)2-5-11(10)15(7)9-3-4-9/h2,5-6,9H,3-4H2,1H3,(H2,13,16). The maximum atomic E-state index is 5.62. The summed E-state index contributed by atoms with van der Waals surface area (Å²) in [6.07, 6.45) is 2.53. The van der Waals surface area contributed by atoms with Gasteiger partial charge in [-0.1, -0.05) is 12.2 Å². The molecule has 0 atom stereocenters. The Morgan fingerprint density at radius 3 is 2.88 bits per heavy atom. The third kappa shape index (κ3) is 1.41.